The first-order valence-electron chi connectivity index (χ1n) is 8.29. The summed E-state index contributed by atoms with van der Waals surface area (Å²) in [4.78, 5) is 14.0. The van der Waals surface area contributed by atoms with Crippen molar-refractivity contribution < 1.29 is 18.9 Å². The number of hydrogen-bond donors (Lipinski definition) is 2. The predicted molar refractivity (Wildman–Crippen MR) is 106 cm³/mol. The maximum absolute atomic E-state index is 13.1. The number of aliphatic hydroxyl groups excluding tert-OH is 1. The molecule has 0 saturated carbocycles. The Morgan fingerprint density at radius 3 is 2.63 bits per heavy atom. The summed E-state index contributed by atoms with van der Waals surface area (Å²) in [7, 11) is 0. The van der Waals surface area contributed by atoms with Gasteiger partial charge in [-0.1, -0.05) is 30.4 Å². The first-order chi connectivity index (χ1) is 13.1. The van der Waals surface area contributed by atoms with Gasteiger partial charge >= 0.3 is 0 Å². The van der Waals surface area contributed by atoms with Gasteiger partial charge in [-0.05, 0) is 35.2 Å². The van der Waals surface area contributed by atoms with E-state index in [2.05, 4.69) is 5.32 Å². The lowest BCUT2D eigenvalue weighted by Crippen LogP contribution is -2.51. The molecule has 0 saturated heterocycles. The van der Waals surface area contributed by atoms with Gasteiger partial charge in [0.15, 0.2) is 17.4 Å². The number of thiocarbonyl (C=S) groups is 1. The zero-order chi connectivity index (χ0) is 19.2. The Morgan fingerprint density at radius 2 is 1.96 bits per heavy atom. The molecule has 2 aromatic heterocycles. The number of carbonyl (C=O) groups is 1. The van der Waals surface area contributed by atoms with Gasteiger partial charge in [0.05, 0.1) is 11.5 Å². The monoisotopic (exact) mass is 401 g/mol. The summed E-state index contributed by atoms with van der Waals surface area (Å²) < 4.78 is 14.8. The standard InChI is InChI=1S/C20H17FN2O2S2/c21-16-7-5-14(6-8-16)11-22-20(26)18(19(25)17-4-2-10-27-17)23-9-1-3-15(12-23)13-24/h1-10,12,18,24H,11,13H2/p+1/t18-/m1/s1. The van der Waals surface area contributed by atoms with Crippen molar-refractivity contribution in [3.8, 4) is 0 Å². The summed E-state index contributed by atoms with van der Waals surface area (Å²) >= 11 is 6.88. The third-order valence-corrected chi connectivity index (χ3v) is 5.26. The third-order valence-electron chi connectivity index (χ3n) is 4.00. The Morgan fingerprint density at radius 1 is 1.19 bits per heavy atom. The number of Topliss-reactive ketones (excluding diaryl/α,β-unsaturated/α-hetero) is 1. The molecule has 0 bridgehead atoms. The number of pyridine rings is 1. The molecule has 27 heavy (non-hydrogen) atoms. The Bertz CT molecular complexity index is 927. The topological polar surface area (TPSA) is 53.2 Å². The van der Waals surface area contributed by atoms with E-state index in [0.29, 0.717) is 22.0 Å². The second kappa shape index (κ2) is 8.94. The van der Waals surface area contributed by atoms with E-state index in [1.165, 1.54) is 23.5 Å². The van der Waals surface area contributed by atoms with Crippen molar-refractivity contribution in [1.82, 2.24) is 5.32 Å². The van der Waals surface area contributed by atoms with Crippen molar-refractivity contribution in [2.24, 2.45) is 0 Å². The highest BCUT2D eigenvalue weighted by molar-refractivity contribution is 7.80. The zero-order valence-corrected chi connectivity index (χ0v) is 16.0. The Balaban J connectivity index is 1.85. The molecule has 2 N–H and O–H groups in total. The van der Waals surface area contributed by atoms with Crippen LogP contribution in [0, 0.1) is 5.82 Å². The van der Waals surface area contributed by atoms with E-state index in [0.717, 1.165) is 5.56 Å². The van der Waals surface area contributed by atoms with Gasteiger partial charge in [0.1, 0.15) is 5.82 Å². The van der Waals surface area contributed by atoms with Crippen LogP contribution in [-0.2, 0) is 13.2 Å². The van der Waals surface area contributed by atoms with Gasteiger partial charge < -0.3 is 10.4 Å². The van der Waals surface area contributed by atoms with E-state index in [-0.39, 0.29) is 18.2 Å². The summed E-state index contributed by atoms with van der Waals surface area (Å²) in [6, 6.07) is 12.5. The lowest BCUT2D eigenvalue weighted by atomic mass is 10.1. The first-order valence-corrected chi connectivity index (χ1v) is 9.57. The van der Waals surface area contributed by atoms with Crippen LogP contribution in [0.2, 0.25) is 0 Å². The van der Waals surface area contributed by atoms with Gasteiger partial charge in [-0.2, -0.15) is 4.57 Å². The molecule has 0 unspecified atom stereocenters. The smallest absolute Gasteiger partial charge is 0.271 e. The second-order valence-electron chi connectivity index (χ2n) is 5.91. The van der Waals surface area contributed by atoms with Crippen LogP contribution in [0.3, 0.4) is 0 Å². The molecule has 1 atom stereocenters. The Kier molecular flexibility index (Phi) is 6.39. The molecule has 0 aliphatic carbocycles. The molecular formula is C20H18FN2O2S2+. The van der Waals surface area contributed by atoms with Crippen LogP contribution in [0.4, 0.5) is 4.39 Å². The third kappa shape index (κ3) is 4.82. The highest BCUT2D eigenvalue weighted by Crippen LogP contribution is 2.17. The van der Waals surface area contributed by atoms with Crippen LogP contribution in [0.5, 0.6) is 0 Å². The van der Waals surface area contributed by atoms with E-state index in [4.69, 9.17) is 12.2 Å². The van der Waals surface area contributed by atoms with E-state index >= 15 is 0 Å². The molecule has 3 rings (SSSR count). The normalized spacial score (nSPS) is 11.8. The van der Waals surface area contributed by atoms with Gasteiger partial charge in [0, 0.05) is 18.2 Å². The average Bonchev–Trinajstić information content (AvgIpc) is 3.23. The largest absolute Gasteiger partial charge is 0.391 e. The maximum Gasteiger partial charge on any atom is 0.271 e. The lowest BCUT2D eigenvalue weighted by molar-refractivity contribution is -0.692. The van der Waals surface area contributed by atoms with Crippen LogP contribution < -0.4 is 9.88 Å². The second-order valence-corrected chi connectivity index (χ2v) is 7.29. The van der Waals surface area contributed by atoms with Crippen molar-refractivity contribution in [2.75, 3.05) is 0 Å². The number of halogens is 1. The Labute approximate surface area is 165 Å². The van der Waals surface area contributed by atoms with E-state index < -0.39 is 6.04 Å². The zero-order valence-electron chi connectivity index (χ0n) is 14.3. The molecule has 138 valence electrons. The first kappa shape index (κ1) is 19.3. The average molecular weight is 402 g/mol. The minimum atomic E-state index is -0.731. The number of benzene rings is 1. The summed E-state index contributed by atoms with van der Waals surface area (Å²) in [5.41, 5.74) is 1.54. The number of carbonyl (C=O) groups excluding carboxylic acids is 1. The minimum Gasteiger partial charge on any atom is -0.391 e. The van der Waals surface area contributed by atoms with Crippen molar-refractivity contribution in [3.63, 3.8) is 0 Å². The molecule has 0 spiro atoms. The number of nitrogens with one attached hydrogen (secondary N) is 1. The molecule has 7 heteroatoms. The number of aromatic nitrogens is 1. The highest BCUT2D eigenvalue weighted by Gasteiger charge is 2.33. The fourth-order valence-corrected chi connectivity index (χ4v) is 3.62. The molecule has 0 aliphatic rings. The van der Waals surface area contributed by atoms with Crippen molar-refractivity contribution in [1.29, 1.82) is 0 Å². The molecular weight excluding hydrogens is 383 g/mol. The number of hydrogen-bond acceptors (Lipinski definition) is 4. The SMILES string of the molecule is O=C(c1cccs1)[C@H](C(=S)NCc1ccc(F)cc1)[n+]1cccc(CO)c1. The van der Waals surface area contributed by atoms with Crippen LogP contribution in [0.25, 0.3) is 0 Å². The van der Waals surface area contributed by atoms with Gasteiger partial charge in [-0.15, -0.1) is 11.3 Å². The highest BCUT2D eigenvalue weighted by atomic mass is 32.1. The molecule has 0 amide bonds. The molecule has 1 aromatic carbocycles. The van der Waals surface area contributed by atoms with E-state index in [1.807, 2.05) is 11.4 Å². The van der Waals surface area contributed by atoms with Crippen LogP contribution >= 0.6 is 23.6 Å². The van der Waals surface area contributed by atoms with Crippen LogP contribution in [-0.4, -0.2) is 15.9 Å². The maximum atomic E-state index is 13.1. The van der Waals surface area contributed by atoms with Gasteiger partial charge in [0.2, 0.25) is 5.78 Å². The summed E-state index contributed by atoms with van der Waals surface area (Å²) in [6.07, 6.45) is 3.46. The van der Waals surface area contributed by atoms with Crippen LogP contribution in [0.1, 0.15) is 26.8 Å². The van der Waals surface area contributed by atoms with E-state index in [1.54, 1.807) is 47.3 Å². The summed E-state index contributed by atoms with van der Waals surface area (Å²) in [6.45, 7) is 0.254. The van der Waals surface area contributed by atoms with Crippen molar-refractivity contribution in [2.45, 2.75) is 19.2 Å². The lowest BCUT2D eigenvalue weighted by Gasteiger charge is -2.14. The molecule has 0 aliphatic heterocycles. The minimum absolute atomic E-state index is 0.123. The van der Waals surface area contributed by atoms with E-state index in [9.17, 15) is 14.3 Å². The number of aliphatic hydroxyl groups is 1. The van der Waals surface area contributed by atoms with Crippen molar-refractivity contribution in [3.05, 3.63) is 88.1 Å². The van der Waals surface area contributed by atoms with Gasteiger partial charge in [-0.3, -0.25) is 4.79 Å². The summed E-state index contributed by atoms with van der Waals surface area (Å²) in [5, 5.41) is 14.4. The van der Waals surface area contributed by atoms with Gasteiger partial charge in [-0.25, -0.2) is 4.39 Å². The molecule has 3 aromatic rings. The molecule has 0 fully saturated rings. The summed E-state index contributed by atoms with van der Waals surface area (Å²) in [5.74, 6) is -0.426. The number of nitrogens with zero attached hydrogens (tertiary/aromatic N) is 1. The fraction of sp³-hybridized carbons (Fsp3) is 0.150. The molecule has 2 heterocycles. The molecule has 0 radical (unpaired) electrons. The predicted octanol–water partition coefficient (Wildman–Crippen LogP) is 3.21. The number of rotatable bonds is 7. The van der Waals surface area contributed by atoms with Gasteiger partial charge in [0.25, 0.3) is 6.04 Å². The number of thiophene rings is 1. The quantitative estimate of drug-likeness (QED) is 0.363. The van der Waals surface area contributed by atoms with Crippen LogP contribution in [0.15, 0.2) is 66.3 Å². The number of ketones is 1. The molecule has 4 nitrogen and oxygen atoms in total. The fourth-order valence-electron chi connectivity index (χ4n) is 2.63. The van der Waals surface area contributed by atoms with Crippen molar-refractivity contribution >= 4 is 34.3 Å². The Hall–Kier alpha value is -2.48.